The maximum atomic E-state index is 8.66. The molecule has 31 heavy (non-hydrogen) atoms. The summed E-state index contributed by atoms with van der Waals surface area (Å²) in [6.07, 6.45) is 22.5. The molecule has 0 aliphatic heterocycles. The predicted octanol–water partition coefficient (Wildman–Crippen LogP) is 7.02. The highest BCUT2D eigenvalue weighted by atomic mass is 32.2. The van der Waals surface area contributed by atoms with Crippen molar-refractivity contribution >= 4 is 11.8 Å². The van der Waals surface area contributed by atoms with Crippen molar-refractivity contribution in [1.82, 2.24) is 0 Å². The van der Waals surface area contributed by atoms with Crippen molar-refractivity contribution in [3.05, 3.63) is 0 Å². The van der Waals surface area contributed by atoms with Gasteiger partial charge in [-0.05, 0) is 6.42 Å². The summed E-state index contributed by atoms with van der Waals surface area (Å²) < 4.78 is 16.5. The molecule has 0 spiro atoms. The predicted molar refractivity (Wildman–Crippen MR) is 136 cm³/mol. The standard InChI is InChI=1S/C26H54O4S/c1-3-4-5-6-7-8-9-10-11-12-13-14-15-16-17-18-20-30-24-26(28-2)25-31-23-22-29-21-19-27/h26-27H,3-25H2,1-2H3. The summed E-state index contributed by atoms with van der Waals surface area (Å²) in [5, 5.41) is 8.66. The van der Waals surface area contributed by atoms with E-state index in [-0.39, 0.29) is 12.7 Å². The number of rotatable bonds is 27. The van der Waals surface area contributed by atoms with Gasteiger partial charge in [-0.15, -0.1) is 0 Å². The van der Waals surface area contributed by atoms with Crippen molar-refractivity contribution in [2.24, 2.45) is 0 Å². The maximum absolute atomic E-state index is 8.66. The molecule has 0 aromatic heterocycles. The lowest BCUT2D eigenvalue weighted by Crippen LogP contribution is -2.22. The molecule has 0 rings (SSSR count). The van der Waals surface area contributed by atoms with E-state index in [1.165, 1.54) is 96.3 Å². The molecule has 0 amide bonds. The number of hydrogen-bond acceptors (Lipinski definition) is 5. The van der Waals surface area contributed by atoms with E-state index < -0.39 is 0 Å². The Morgan fingerprint density at radius 3 is 1.65 bits per heavy atom. The zero-order valence-corrected chi connectivity index (χ0v) is 21.7. The molecule has 0 saturated heterocycles. The molecule has 4 nitrogen and oxygen atoms in total. The fourth-order valence-corrected chi connectivity index (χ4v) is 4.55. The largest absolute Gasteiger partial charge is 0.394 e. The van der Waals surface area contributed by atoms with Gasteiger partial charge < -0.3 is 19.3 Å². The van der Waals surface area contributed by atoms with E-state index in [0.717, 1.165) is 24.5 Å². The minimum atomic E-state index is 0.0958. The van der Waals surface area contributed by atoms with Gasteiger partial charge in [0.25, 0.3) is 0 Å². The third-order valence-electron chi connectivity index (χ3n) is 5.69. The lowest BCUT2D eigenvalue weighted by Gasteiger charge is -2.15. The number of unbranched alkanes of at least 4 members (excludes halogenated alkanes) is 15. The number of ether oxygens (including phenoxy) is 3. The third kappa shape index (κ3) is 26.3. The molecular weight excluding hydrogens is 408 g/mol. The molecule has 1 atom stereocenters. The molecule has 0 radical (unpaired) electrons. The van der Waals surface area contributed by atoms with Crippen LogP contribution in [0, 0.1) is 0 Å². The zero-order chi connectivity index (χ0) is 22.7. The highest BCUT2D eigenvalue weighted by Crippen LogP contribution is 2.14. The van der Waals surface area contributed by atoms with Gasteiger partial charge in [0, 0.05) is 25.2 Å². The number of hydrogen-bond donors (Lipinski definition) is 1. The number of thioether (sulfide) groups is 1. The monoisotopic (exact) mass is 462 g/mol. The molecule has 0 heterocycles. The molecule has 5 heteroatoms. The van der Waals surface area contributed by atoms with Crippen molar-refractivity contribution in [3.63, 3.8) is 0 Å². The highest BCUT2D eigenvalue weighted by molar-refractivity contribution is 7.99. The molecule has 0 aliphatic rings. The van der Waals surface area contributed by atoms with Gasteiger partial charge in [-0.3, -0.25) is 0 Å². The Hall–Kier alpha value is 0.190. The Kier molecular flexibility index (Phi) is 28.4. The number of aliphatic hydroxyl groups excluding tert-OH is 1. The van der Waals surface area contributed by atoms with E-state index in [0.29, 0.717) is 19.8 Å². The summed E-state index contributed by atoms with van der Waals surface area (Å²) in [5.41, 5.74) is 0. The summed E-state index contributed by atoms with van der Waals surface area (Å²) in [4.78, 5) is 0. The first kappa shape index (κ1) is 31.2. The molecule has 0 fully saturated rings. The van der Waals surface area contributed by atoms with Gasteiger partial charge in [0.15, 0.2) is 0 Å². The molecule has 0 bridgehead atoms. The molecular formula is C26H54O4S. The van der Waals surface area contributed by atoms with Crippen LogP contribution in [0.4, 0.5) is 0 Å². The number of methoxy groups -OCH3 is 1. The van der Waals surface area contributed by atoms with Gasteiger partial charge in [-0.1, -0.05) is 103 Å². The van der Waals surface area contributed by atoms with E-state index in [1.807, 2.05) is 11.8 Å². The van der Waals surface area contributed by atoms with Crippen molar-refractivity contribution in [2.45, 2.75) is 116 Å². The fraction of sp³-hybridized carbons (Fsp3) is 1.00. The average Bonchev–Trinajstić information content (AvgIpc) is 2.79. The molecule has 0 aliphatic carbocycles. The van der Waals surface area contributed by atoms with Crippen LogP contribution in [-0.4, -0.2) is 62.9 Å². The first-order chi connectivity index (χ1) is 15.3. The van der Waals surface area contributed by atoms with E-state index >= 15 is 0 Å². The number of aliphatic hydroxyl groups is 1. The Morgan fingerprint density at radius 1 is 0.645 bits per heavy atom. The Labute approximate surface area is 198 Å². The molecule has 188 valence electrons. The van der Waals surface area contributed by atoms with Crippen molar-refractivity contribution in [2.75, 3.05) is 51.6 Å². The van der Waals surface area contributed by atoms with Crippen LogP contribution in [-0.2, 0) is 14.2 Å². The van der Waals surface area contributed by atoms with Crippen LogP contribution in [0.3, 0.4) is 0 Å². The lowest BCUT2D eigenvalue weighted by atomic mass is 10.0. The lowest BCUT2D eigenvalue weighted by molar-refractivity contribution is 0.0198. The fourth-order valence-electron chi connectivity index (χ4n) is 3.65. The SMILES string of the molecule is CCCCCCCCCCCCCCCCCCOCC(CSCCOCCO)OC. The summed E-state index contributed by atoms with van der Waals surface area (Å²) in [6.45, 7) is 5.02. The van der Waals surface area contributed by atoms with Gasteiger partial charge in [-0.25, -0.2) is 0 Å². The van der Waals surface area contributed by atoms with Crippen LogP contribution >= 0.6 is 11.8 Å². The normalized spacial score (nSPS) is 12.5. The van der Waals surface area contributed by atoms with Crippen LogP contribution in [0.25, 0.3) is 0 Å². The van der Waals surface area contributed by atoms with Gasteiger partial charge in [0.05, 0.1) is 32.5 Å². The van der Waals surface area contributed by atoms with Crippen LogP contribution in [0.15, 0.2) is 0 Å². The molecule has 0 aromatic carbocycles. The second kappa shape index (κ2) is 28.2. The molecule has 0 saturated carbocycles. The summed E-state index contributed by atoms with van der Waals surface area (Å²) in [5.74, 6) is 1.86. The van der Waals surface area contributed by atoms with Gasteiger partial charge in [0.1, 0.15) is 0 Å². The Bertz CT molecular complexity index is 318. The Balaban J connectivity index is 3.19. The van der Waals surface area contributed by atoms with Gasteiger partial charge >= 0.3 is 0 Å². The third-order valence-corrected chi connectivity index (χ3v) is 6.75. The molecule has 0 aromatic rings. The van der Waals surface area contributed by atoms with Crippen LogP contribution in [0.2, 0.25) is 0 Å². The van der Waals surface area contributed by atoms with E-state index in [1.54, 1.807) is 7.11 Å². The van der Waals surface area contributed by atoms with Gasteiger partial charge in [0.2, 0.25) is 0 Å². The van der Waals surface area contributed by atoms with Crippen molar-refractivity contribution in [3.8, 4) is 0 Å². The van der Waals surface area contributed by atoms with Gasteiger partial charge in [-0.2, -0.15) is 11.8 Å². The van der Waals surface area contributed by atoms with Crippen molar-refractivity contribution < 1.29 is 19.3 Å². The van der Waals surface area contributed by atoms with Crippen molar-refractivity contribution in [1.29, 1.82) is 0 Å². The second-order valence-electron chi connectivity index (χ2n) is 8.65. The summed E-state index contributed by atoms with van der Waals surface area (Å²) in [7, 11) is 1.76. The zero-order valence-electron chi connectivity index (χ0n) is 20.9. The molecule has 1 unspecified atom stereocenters. The molecule has 1 N–H and O–H groups in total. The summed E-state index contributed by atoms with van der Waals surface area (Å²) >= 11 is 1.81. The first-order valence-electron chi connectivity index (χ1n) is 13.2. The Morgan fingerprint density at radius 2 is 1.16 bits per heavy atom. The maximum Gasteiger partial charge on any atom is 0.0894 e. The van der Waals surface area contributed by atoms with Crippen LogP contribution in [0.1, 0.15) is 110 Å². The first-order valence-corrected chi connectivity index (χ1v) is 14.4. The minimum absolute atomic E-state index is 0.0958. The minimum Gasteiger partial charge on any atom is -0.394 e. The van der Waals surface area contributed by atoms with E-state index in [9.17, 15) is 0 Å². The quantitative estimate of drug-likeness (QED) is 0.133. The van der Waals surface area contributed by atoms with E-state index in [2.05, 4.69) is 6.92 Å². The van der Waals surface area contributed by atoms with Crippen LogP contribution < -0.4 is 0 Å². The van der Waals surface area contributed by atoms with Crippen LogP contribution in [0.5, 0.6) is 0 Å². The smallest absolute Gasteiger partial charge is 0.0894 e. The second-order valence-corrected chi connectivity index (χ2v) is 9.80. The summed E-state index contributed by atoms with van der Waals surface area (Å²) in [6, 6.07) is 0. The average molecular weight is 463 g/mol. The highest BCUT2D eigenvalue weighted by Gasteiger charge is 2.07. The van der Waals surface area contributed by atoms with E-state index in [4.69, 9.17) is 19.3 Å². The topological polar surface area (TPSA) is 47.9 Å².